The molecule has 1 aromatic heterocycles. The van der Waals surface area contributed by atoms with E-state index in [1.807, 2.05) is 5.43 Å². The van der Waals surface area contributed by atoms with Crippen molar-refractivity contribution < 1.29 is 18.0 Å². The number of hydrogen-bond donors (Lipinski definition) is 3. The molecule has 1 rings (SSSR count). The van der Waals surface area contributed by atoms with Gasteiger partial charge in [0.05, 0.1) is 10.6 Å². The Morgan fingerprint density at radius 2 is 2.12 bits per heavy atom. The second-order valence-corrected chi connectivity index (χ2v) is 3.07. The van der Waals surface area contributed by atoms with E-state index in [0.717, 1.165) is 0 Å². The maximum atomic E-state index is 12.2. The van der Waals surface area contributed by atoms with Crippen molar-refractivity contribution in [2.75, 3.05) is 5.43 Å². The number of nitrogens with zero attached hydrogens (tertiary/aromatic N) is 1. The zero-order chi connectivity index (χ0) is 12.3. The van der Waals surface area contributed by atoms with E-state index >= 15 is 0 Å². The molecule has 16 heavy (non-hydrogen) atoms. The number of rotatable bonds is 2. The third-order valence-electron chi connectivity index (χ3n) is 1.47. The van der Waals surface area contributed by atoms with E-state index in [9.17, 15) is 18.0 Å². The summed E-state index contributed by atoms with van der Waals surface area (Å²) in [6, 6.07) is -0.239. The second kappa shape index (κ2) is 4.44. The van der Waals surface area contributed by atoms with Crippen LogP contribution in [0.15, 0.2) is 12.3 Å². The summed E-state index contributed by atoms with van der Waals surface area (Å²) in [6.07, 6.45) is -3.94. The molecule has 0 spiro atoms. The summed E-state index contributed by atoms with van der Waals surface area (Å²) in [5, 5.41) is -0.288. The molecule has 1 heterocycles. The molecule has 0 saturated carbocycles. The number of nitrogens with one attached hydrogen (secondary N) is 2. The van der Waals surface area contributed by atoms with Crippen LogP contribution in [0, 0.1) is 0 Å². The van der Waals surface area contributed by atoms with Gasteiger partial charge in [-0.1, -0.05) is 11.6 Å². The third kappa shape index (κ3) is 3.16. The van der Waals surface area contributed by atoms with Crippen LogP contribution in [0.2, 0.25) is 5.02 Å². The van der Waals surface area contributed by atoms with Gasteiger partial charge in [0.25, 0.3) is 0 Å². The molecular weight excluding hydrogens is 249 g/mol. The maximum Gasteiger partial charge on any atom is 0.417 e. The number of hydrazine groups is 1. The number of anilines is 1. The Hall–Kier alpha value is -1.70. The van der Waals surface area contributed by atoms with Crippen LogP contribution in [0.3, 0.4) is 0 Å². The van der Waals surface area contributed by atoms with Crippen LogP contribution in [0.4, 0.5) is 23.8 Å². The fourth-order valence-corrected chi connectivity index (χ4v) is 1.02. The first-order valence-electron chi connectivity index (χ1n) is 3.85. The minimum Gasteiger partial charge on any atom is -0.350 e. The topological polar surface area (TPSA) is 80.0 Å². The molecular formula is C7H6ClF3N4O. The van der Waals surface area contributed by atoms with Crippen LogP contribution in [0.1, 0.15) is 5.56 Å². The largest absolute Gasteiger partial charge is 0.417 e. The first-order chi connectivity index (χ1) is 7.30. The lowest BCUT2D eigenvalue weighted by Crippen LogP contribution is -2.34. The first kappa shape index (κ1) is 12.4. The molecule has 0 aromatic carbocycles. The average molecular weight is 255 g/mol. The molecule has 4 N–H and O–H groups in total. The van der Waals surface area contributed by atoms with Crippen LogP contribution in [0.25, 0.3) is 0 Å². The predicted octanol–water partition coefficient (Wildman–Crippen LogP) is 1.75. The summed E-state index contributed by atoms with van der Waals surface area (Å²) in [4.78, 5) is 13.7. The number of nitrogens with two attached hydrogens (primary N) is 1. The number of carbonyl (C=O) groups is 1. The lowest BCUT2D eigenvalue weighted by molar-refractivity contribution is -0.137. The Kier molecular flexibility index (Phi) is 3.43. The molecule has 0 aliphatic carbocycles. The van der Waals surface area contributed by atoms with E-state index in [2.05, 4.69) is 10.4 Å². The van der Waals surface area contributed by atoms with Crippen molar-refractivity contribution in [1.82, 2.24) is 10.4 Å². The van der Waals surface area contributed by atoms with Crippen LogP contribution in [-0.4, -0.2) is 11.0 Å². The summed E-state index contributed by atoms with van der Waals surface area (Å²) < 4.78 is 36.6. The van der Waals surface area contributed by atoms with Crippen LogP contribution in [-0.2, 0) is 6.18 Å². The molecule has 0 fully saturated rings. The van der Waals surface area contributed by atoms with Gasteiger partial charge in [0.1, 0.15) is 0 Å². The van der Waals surface area contributed by atoms with Crippen LogP contribution < -0.4 is 16.6 Å². The Morgan fingerprint density at radius 3 is 2.56 bits per heavy atom. The Morgan fingerprint density at radius 1 is 1.50 bits per heavy atom. The zero-order valence-corrected chi connectivity index (χ0v) is 8.36. The van der Waals surface area contributed by atoms with E-state index in [0.29, 0.717) is 12.3 Å². The van der Waals surface area contributed by atoms with Gasteiger partial charge in [0, 0.05) is 6.20 Å². The molecule has 0 atom stereocenters. The molecule has 88 valence electrons. The van der Waals surface area contributed by atoms with E-state index in [1.165, 1.54) is 0 Å². The van der Waals surface area contributed by atoms with Gasteiger partial charge in [-0.2, -0.15) is 13.2 Å². The number of aromatic nitrogens is 1. The van der Waals surface area contributed by atoms with Crippen LogP contribution in [0.5, 0.6) is 0 Å². The van der Waals surface area contributed by atoms with Crippen LogP contribution >= 0.6 is 11.6 Å². The molecule has 5 nitrogen and oxygen atoms in total. The molecule has 2 amide bonds. The molecule has 9 heteroatoms. The van der Waals surface area contributed by atoms with Crippen molar-refractivity contribution >= 4 is 23.4 Å². The summed E-state index contributed by atoms with van der Waals surface area (Å²) in [6.45, 7) is 0. The van der Waals surface area contributed by atoms with Gasteiger partial charge in [0.15, 0.2) is 5.82 Å². The summed E-state index contributed by atoms with van der Waals surface area (Å²) in [5.74, 6) is -0.131. The summed E-state index contributed by atoms with van der Waals surface area (Å²) in [5.41, 5.74) is 7.82. The molecule has 1 aromatic rings. The summed E-state index contributed by atoms with van der Waals surface area (Å²) >= 11 is 5.50. The minimum atomic E-state index is -4.52. The maximum absolute atomic E-state index is 12.2. The number of primary amides is 1. The fraction of sp³-hybridized carbons (Fsp3) is 0.143. The number of hydrogen-bond acceptors (Lipinski definition) is 3. The lowest BCUT2D eigenvalue weighted by Gasteiger charge is -2.10. The smallest absolute Gasteiger partial charge is 0.350 e. The van der Waals surface area contributed by atoms with Crippen molar-refractivity contribution in [3.8, 4) is 0 Å². The van der Waals surface area contributed by atoms with E-state index < -0.39 is 17.8 Å². The van der Waals surface area contributed by atoms with Gasteiger partial charge in [-0.05, 0) is 6.07 Å². The number of pyridine rings is 1. The van der Waals surface area contributed by atoms with Crippen molar-refractivity contribution in [2.24, 2.45) is 5.73 Å². The minimum absolute atomic E-state index is 0.131. The number of halogens is 4. The highest BCUT2D eigenvalue weighted by molar-refractivity contribution is 6.32. The van der Waals surface area contributed by atoms with Crippen molar-refractivity contribution in [2.45, 2.75) is 6.18 Å². The van der Waals surface area contributed by atoms with Crippen molar-refractivity contribution in [1.29, 1.82) is 0 Å². The number of carbonyl (C=O) groups excluding carboxylic acids is 1. The fourth-order valence-electron chi connectivity index (χ4n) is 0.806. The van der Waals surface area contributed by atoms with E-state index in [-0.39, 0.29) is 10.8 Å². The zero-order valence-electron chi connectivity index (χ0n) is 7.60. The highest BCUT2D eigenvalue weighted by atomic mass is 35.5. The van der Waals surface area contributed by atoms with Gasteiger partial charge < -0.3 is 5.73 Å². The molecule has 0 radical (unpaired) electrons. The van der Waals surface area contributed by atoms with Gasteiger partial charge in [-0.25, -0.2) is 9.78 Å². The molecule has 0 bridgehead atoms. The first-order valence-corrected chi connectivity index (χ1v) is 4.22. The monoisotopic (exact) mass is 254 g/mol. The predicted molar refractivity (Wildman–Crippen MR) is 50.6 cm³/mol. The number of urea groups is 1. The summed E-state index contributed by atoms with van der Waals surface area (Å²) in [7, 11) is 0. The second-order valence-electron chi connectivity index (χ2n) is 2.67. The molecule has 0 unspecified atom stereocenters. The van der Waals surface area contributed by atoms with Gasteiger partial charge in [-0.3, -0.25) is 10.9 Å². The van der Waals surface area contributed by atoms with Crippen molar-refractivity contribution in [3.05, 3.63) is 22.8 Å². The quantitative estimate of drug-likeness (QED) is 0.704. The van der Waals surface area contributed by atoms with Crippen molar-refractivity contribution in [3.63, 3.8) is 0 Å². The SMILES string of the molecule is NC(=O)NNc1ncc(C(F)(F)F)cc1Cl. The van der Waals surface area contributed by atoms with E-state index in [1.54, 1.807) is 0 Å². The highest BCUT2D eigenvalue weighted by Gasteiger charge is 2.31. The van der Waals surface area contributed by atoms with Gasteiger partial charge in [0.2, 0.25) is 0 Å². The molecule has 0 aliphatic rings. The molecule has 0 aliphatic heterocycles. The average Bonchev–Trinajstić information content (AvgIpc) is 2.14. The normalized spacial score (nSPS) is 11.0. The third-order valence-corrected chi connectivity index (χ3v) is 1.76. The Labute approximate surface area is 92.8 Å². The Bertz CT molecular complexity index is 409. The van der Waals surface area contributed by atoms with Gasteiger partial charge in [-0.15, -0.1) is 0 Å². The lowest BCUT2D eigenvalue weighted by atomic mass is 10.3. The number of amides is 2. The van der Waals surface area contributed by atoms with E-state index in [4.69, 9.17) is 17.3 Å². The number of alkyl halides is 3. The van der Waals surface area contributed by atoms with Gasteiger partial charge >= 0.3 is 12.2 Å². The highest BCUT2D eigenvalue weighted by Crippen LogP contribution is 2.32. The Balaban J connectivity index is 2.88. The standard InChI is InChI=1S/C7H6ClF3N4O/c8-4-1-3(7(9,10)11)2-13-5(4)14-15-6(12)16/h1-2H,(H,13,14)(H3,12,15,16). The molecule has 0 saturated heterocycles.